The number of aliphatic hydroxyl groups is 1. The number of carbonyl (C=O) groups excluding carboxylic acids is 4. The van der Waals surface area contributed by atoms with Crippen molar-refractivity contribution in [3.05, 3.63) is 29.8 Å². The Morgan fingerprint density at radius 2 is 1.83 bits per heavy atom. The first-order valence-electron chi connectivity index (χ1n) is 9.49. The number of nitrogens with zero attached hydrogens (tertiary/aromatic N) is 2. The number of carbonyl (C=O) groups is 4. The zero-order valence-corrected chi connectivity index (χ0v) is 16.2. The Hall–Kier alpha value is -3.14. The number of urea groups is 1. The van der Waals surface area contributed by atoms with Crippen molar-refractivity contribution >= 4 is 29.3 Å². The molecule has 0 aliphatic carbocycles. The Morgan fingerprint density at radius 1 is 1.17 bits per heavy atom. The molecule has 2 unspecified atom stereocenters. The highest BCUT2D eigenvalue weighted by atomic mass is 16.3. The number of piperazine rings is 1. The molecule has 0 radical (unpaired) electrons. The van der Waals surface area contributed by atoms with Crippen molar-refractivity contribution in [3.8, 4) is 0 Å². The third-order valence-electron chi connectivity index (χ3n) is 5.12. The largest absolute Gasteiger partial charge is 0.394 e. The van der Waals surface area contributed by atoms with E-state index in [4.69, 9.17) is 0 Å². The maximum Gasteiger partial charge on any atom is 0.315 e. The number of nitrogens with one attached hydrogen (secondary N) is 3. The molecule has 2 atom stereocenters. The van der Waals surface area contributed by atoms with Crippen LogP contribution in [0.1, 0.15) is 17.3 Å². The van der Waals surface area contributed by atoms with Crippen molar-refractivity contribution in [2.24, 2.45) is 0 Å². The summed E-state index contributed by atoms with van der Waals surface area (Å²) in [5.41, 5.74) is 1.62. The van der Waals surface area contributed by atoms with Gasteiger partial charge in [-0.1, -0.05) is 0 Å². The van der Waals surface area contributed by atoms with Gasteiger partial charge in [0.1, 0.15) is 12.1 Å². The molecule has 4 N–H and O–H groups in total. The van der Waals surface area contributed by atoms with Crippen molar-refractivity contribution in [2.75, 3.05) is 44.2 Å². The summed E-state index contributed by atoms with van der Waals surface area (Å²) in [6.07, 6.45) is 0. The van der Waals surface area contributed by atoms with Gasteiger partial charge in [0.15, 0.2) is 5.78 Å². The van der Waals surface area contributed by atoms with E-state index >= 15 is 0 Å². The maximum absolute atomic E-state index is 12.7. The van der Waals surface area contributed by atoms with Crippen LogP contribution in [0.4, 0.5) is 10.5 Å². The van der Waals surface area contributed by atoms with Gasteiger partial charge in [-0.3, -0.25) is 14.4 Å². The van der Waals surface area contributed by atoms with Crippen LogP contribution in [0.3, 0.4) is 0 Å². The first-order chi connectivity index (χ1) is 13.9. The average Bonchev–Trinajstić information content (AvgIpc) is 3.18. The van der Waals surface area contributed by atoms with Crippen molar-refractivity contribution in [3.63, 3.8) is 0 Å². The van der Waals surface area contributed by atoms with Crippen LogP contribution in [0.15, 0.2) is 24.3 Å². The Balaban J connectivity index is 1.53. The van der Waals surface area contributed by atoms with Crippen LogP contribution in [0, 0.1) is 0 Å². The predicted octanol–water partition coefficient (Wildman–Crippen LogP) is -1.30. The van der Waals surface area contributed by atoms with Gasteiger partial charge in [-0.2, -0.15) is 0 Å². The number of amides is 4. The highest BCUT2D eigenvalue weighted by Crippen LogP contribution is 2.18. The average molecular weight is 403 g/mol. The number of benzene rings is 1. The second kappa shape index (κ2) is 8.91. The summed E-state index contributed by atoms with van der Waals surface area (Å²) in [7, 11) is 0. The van der Waals surface area contributed by atoms with Gasteiger partial charge in [-0.15, -0.1) is 0 Å². The molecule has 0 aromatic heterocycles. The fourth-order valence-corrected chi connectivity index (χ4v) is 3.38. The molecule has 156 valence electrons. The molecule has 0 spiro atoms. The van der Waals surface area contributed by atoms with E-state index in [0.29, 0.717) is 31.7 Å². The molecule has 2 aliphatic rings. The van der Waals surface area contributed by atoms with Crippen LogP contribution in [0.5, 0.6) is 0 Å². The summed E-state index contributed by atoms with van der Waals surface area (Å²) in [4.78, 5) is 51.1. The van der Waals surface area contributed by atoms with Crippen LogP contribution in [-0.2, 0) is 9.59 Å². The van der Waals surface area contributed by atoms with Gasteiger partial charge in [-0.05, 0) is 31.2 Å². The molecule has 29 heavy (non-hydrogen) atoms. The van der Waals surface area contributed by atoms with Crippen molar-refractivity contribution < 1.29 is 24.3 Å². The molecule has 4 amide bonds. The Bertz CT molecular complexity index is 789. The summed E-state index contributed by atoms with van der Waals surface area (Å²) in [5, 5.41) is 17.0. The maximum atomic E-state index is 12.7. The van der Waals surface area contributed by atoms with E-state index in [9.17, 15) is 24.3 Å². The molecule has 1 aromatic rings. The smallest absolute Gasteiger partial charge is 0.315 e. The number of anilines is 1. The quantitative estimate of drug-likeness (QED) is 0.437. The minimum Gasteiger partial charge on any atom is -0.394 e. The molecule has 10 nitrogen and oxygen atoms in total. The third-order valence-corrected chi connectivity index (χ3v) is 5.12. The minimum atomic E-state index is -1.05. The number of aliphatic hydroxyl groups excluding tert-OH is 1. The summed E-state index contributed by atoms with van der Waals surface area (Å²) in [5.74, 6) is -0.860. The highest BCUT2D eigenvalue weighted by molar-refractivity contribution is 5.95. The molecule has 2 saturated heterocycles. The highest BCUT2D eigenvalue weighted by Gasteiger charge is 2.32. The lowest BCUT2D eigenvalue weighted by Crippen LogP contribution is -2.58. The number of hydrogen-bond donors (Lipinski definition) is 4. The van der Waals surface area contributed by atoms with Crippen LogP contribution in [0.25, 0.3) is 0 Å². The number of rotatable bonds is 6. The molecule has 2 heterocycles. The fraction of sp³-hybridized carbons (Fsp3) is 0.474. The molecule has 1 aromatic carbocycles. The molecular weight excluding hydrogens is 378 g/mol. The number of Topliss-reactive ketones (excluding diaryl/α,β-unsaturated/α-hetero) is 1. The molecule has 0 saturated carbocycles. The van der Waals surface area contributed by atoms with Crippen molar-refractivity contribution in [1.29, 1.82) is 0 Å². The Morgan fingerprint density at radius 3 is 2.34 bits per heavy atom. The SMILES string of the molecule is CC(=O)c1ccc(N2CCN(C(=O)C(CO)NC(=O)C3CNC(=O)N3)CC2)cc1. The van der Waals surface area contributed by atoms with Gasteiger partial charge in [0.05, 0.1) is 6.61 Å². The van der Waals surface area contributed by atoms with Crippen LogP contribution in [0.2, 0.25) is 0 Å². The van der Waals surface area contributed by atoms with Gasteiger partial charge < -0.3 is 30.9 Å². The Kier molecular flexibility index (Phi) is 6.32. The molecule has 10 heteroatoms. The van der Waals surface area contributed by atoms with Crippen LogP contribution >= 0.6 is 0 Å². The predicted molar refractivity (Wildman–Crippen MR) is 105 cm³/mol. The molecular formula is C19H25N5O5. The number of ketones is 1. The summed E-state index contributed by atoms with van der Waals surface area (Å²) < 4.78 is 0. The van der Waals surface area contributed by atoms with Crippen LogP contribution in [-0.4, -0.2) is 85.0 Å². The molecule has 2 aliphatic heterocycles. The second-order valence-corrected chi connectivity index (χ2v) is 7.07. The first-order valence-corrected chi connectivity index (χ1v) is 9.49. The Labute approximate surface area is 168 Å². The van der Waals surface area contributed by atoms with Gasteiger partial charge in [0.2, 0.25) is 11.8 Å². The van der Waals surface area contributed by atoms with Crippen LogP contribution < -0.4 is 20.9 Å². The van der Waals surface area contributed by atoms with E-state index in [1.54, 1.807) is 17.0 Å². The zero-order valence-electron chi connectivity index (χ0n) is 16.2. The van der Waals surface area contributed by atoms with E-state index in [1.807, 2.05) is 12.1 Å². The topological polar surface area (TPSA) is 131 Å². The fourth-order valence-electron chi connectivity index (χ4n) is 3.38. The zero-order chi connectivity index (χ0) is 21.0. The van der Waals surface area contributed by atoms with Crippen molar-refractivity contribution in [1.82, 2.24) is 20.9 Å². The third kappa shape index (κ3) is 4.83. The van der Waals surface area contributed by atoms with E-state index < -0.39 is 30.6 Å². The first kappa shape index (κ1) is 20.6. The standard InChI is InChI=1S/C19H25N5O5/c1-12(26)13-2-4-14(5-3-13)23-6-8-24(9-7-23)18(28)16(11-25)21-17(27)15-10-20-19(29)22-15/h2-5,15-16,25H,6-11H2,1H3,(H,21,27)(H2,20,22,29). The lowest BCUT2D eigenvalue weighted by Gasteiger charge is -2.37. The van der Waals surface area contributed by atoms with E-state index in [-0.39, 0.29) is 18.2 Å². The van der Waals surface area contributed by atoms with Crippen molar-refractivity contribution in [2.45, 2.75) is 19.0 Å². The summed E-state index contributed by atoms with van der Waals surface area (Å²) in [6, 6.07) is 5.07. The molecule has 3 rings (SSSR count). The van der Waals surface area contributed by atoms with Gasteiger partial charge in [0.25, 0.3) is 0 Å². The monoisotopic (exact) mass is 403 g/mol. The molecule has 0 bridgehead atoms. The summed E-state index contributed by atoms with van der Waals surface area (Å²) >= 11 is 0. The lowest BCUT2D eigenvalue weighted by molar-refractivity contribution is -0.138. The van der Waals surface area contributed by atoms with E-state index in [2.05, 4.69) is 20.9 Å². The van der Waals surface area contributed by atoms with Gasteiger partial charge in [-0.25, -0.2) is 4.79 Å². The minimum absolute atomic E-state index is 0.0111. The molecule has 2 fully saturated rings. The summed E-state index contributed by atoms with van der Waals surface area (Å²) in [6.45, 7) is 3.22. The second-order valence-electron chi connectivity index (χ2n) is 7.07. The number of hydrogen-bond acceptors (Lipinski definition) is 6. The normalized spacial score (nSPS) is 19.9. The van der Waals surface area contributed by atoms with E-state index in [0.717, 1.165) is 5.69 Å². The van der Waals surface area contributed by atoms with Gasteiger partial charge in [0, 0.05) is 44.0 Å². The van der Waals surface area contributed by atoms with Gasteiger partial charge >= 0.3 is 6.03 Å². The lowest BCUT2D eigenvalue weighted by atomic mass is 10.1. The van der Waals surface area contributed by atoms with E-state index in [1.165, 1.54) is 6.92 Å².